The van der Waals surface area contributed by atoms with Gasteiger partial charge in [0.25, 0.3) is 0 Å². The van der Waals surface area contributed by atoms with Crippen LogP contribution in [-0.4, -0.2) is 41.0 Å². The average molecular weight is 268 g/mol. The van der Waals surface area contributed by atoms with Crippen LogP contribution in [0.15, 0.2) is 0 Å². The Hall–Kier alpha value is -1.10. The van der Waals surface area contributed by atoms with Crippen LogP contribution in [0.1, 0.15) is 44.9 Å². The van der Waals surface area contributed by atoms with E-state index in [2.05, 4.69) is 0 Å². The van der Waals surface area contributed by atoms with E-state index in [1.807, 2.05) is 4.90 Å². The van der Waals surface area contributed by atoms with Crippen LogP contribution >= 0.6 is 0 Å². The van der Waals surface area contributed by atoms with E-state index in [-0.39, 0.29) is 30.2 Å². The molecule has 3 N–H and O–H groups in total. The Balaban J connectivity index is 1.90. The molecule has 0 aromatic rings. The summed E-state index contributed by atoms with van der Waals surface area (Å²) in [6.07, 6.45) is 6.16. The number of amides is 1. The molecule has 0 bridgehead atoms. The molecule has 1 saturated carbocycles. The topological polar surface area (TPSA) is 83.6 Å². The second-order valence-electron chi connectivity index (χ2n) is 5.95. The summed E-state index contributed by atoms with van der Waals surface area (Å²) in [6, 6.07) is -0.0199. The highest BCUT2D eigenvalue weighted by atomic mass is 16.4. The molecule has 5 nitrogen and oxygen atoms in total. The molecular weight excluding hydrogens is 244 g/mol. The molecular formula is C14H24N2O3. The number of hydrogen-bond donors (Lipinski definition) is 2. The van der Waals surface area contributed by atoms with E-state index in [4.69, 9.17) is 10.8 Å². The van der Waals surface area contributed by atoms with E-state index in [9.17, 15) is 9.59 Å². The lowest BCUT2D eigenvalue weighted by molar-refractivity contribution is -0.139. The van der Waals surface area contributed by atoms with Gasteiger partial charge in [-0.05, 0) is 25.2 Å². The monoisotopic (exact) mass is 268 g/mol. The second-order valence-corrected chi connectivity index (χ2v) is 5.95. The minimum Gasteiger partial charge on any atom is -0.481 e. The van der Waals surface area contributed by atoms with Crippen LogP contribution in [0.2, 0.25) is 0 Å². The normalized spacial score (nSPS) is 32.1. The summed E-state index contributed by atoms with van der Waals surface area (Å²) in [7, 11) is 0. The Labute approximate surface area is 114 Å². The number of nitrogens with zero attached hydrogens (tertiary/aromatic N) is 1. The molecule has 2 fully saturated rings. The number of carbonyl (C=O) groups is 2. The van der Waals surface area contributed by atoms with Gasteiger partial charge in [0.2, 0.25) is 5.91 Å². The van der Waals surface area contributed by atoms with Crippen molar-refractivity contribution in [2.45, 2.75) is 51.0 Å². The Bertz CT molecular complexity index is 346. The van der Waals surface area contributed by atoms with Crippen molar-refractivity contribution in [3.63, 3.8) is 0 Å². The first kappa shape index (κ1) is 14.3. The number of aliphatic carboxylic acids is 1. The molecule has 1 amide bonds. The number of hydrogen-bond acceptors (Lipinski definition) is 3. The van der Waals surface area contributed by atoms with Gasteiger partial charge in [0.05, 0.1) is 5.92 Å². The highest BCUT2D eigenvalue weighted by molar-refractivity contribution is 5.80. The third-order valence-corrected chi connectivity index (χ3v) is 4.45. The molecule has 2 rings (SSSR count). The Morgan fingerprint density at radius 2 is 1.89 bits per heavy atom. The number of carboxylic acid groups (broad SMARTS) is 1. The molecule has 1 aliphatic carbocycles. The van der Waals surface area contributed by atoms with Crippen molar-refractivity contribution in [3.8, 4) is 0 Å². The van der Waals surface area contributed by atoms with Crippen molar-refractivity contribution in [1.82, 2.24) is 4.90 Å². The van der Waals surface area contributed by atoms with Gasteiger partial charge in [0.15, 0.2) is 0 Å². The maximum Gasteiger partial charge on any atom is 0.303 e. The van der Waals surface area contributed by atoms with Gasteiger partial charge in [-0.1, -0.05) is 19.3 Å². The SMILES string of the molecule is NC1CCCCCC1C(=O)N1CCC(CC(=O)O)C1. The third kappa shape index (κ3) is 3.69. The summed E-state index contributed by atoms with van der Waals surface area (Å²) in [4.78, 5) is 25.0. The third-order valence-electron chi connectivity index (χ3n) is 4.45. The fourth-order valence-electron chi connectivity index (χ4n) is 3.32. The van der Waals surface area contributed by atoms with Gasteiger partial charge in [-0.15, -0.1) is 0 Å². The van der Waals surface area contributed by atoms with E-state index in [1.165, 1.54) is 6.42 Å². The lowest BCUT2D eigenvalue weighted by atomic mass is 9.94. The average Bonchev–Trinajstić information content (AvgIpc) is 2.69. The molecule has 3 unspecified atom stereocenters. The van der Waals surface area contributed by atoms with Crippen molar-refractivity contribution in [1.29, 1.82) is 0 Å². The summed E-state index contributed by atoms with van der Waals surface area (Å²) in [6.45, 7) is 1.29. The Morgan fingerprint density at radius 3 is 2.63 bits per heavy atom. The Kier molecular flexibility index (Phi) is 4.80. The highest BCUT2D eigenvalue weighted by Crippen LogP contribution is 2.27. The number of carboxylic acids is 1. The first-order valence-electron chi connectivity index (χ1n) is 7.34. The molecule has 0 aromatic carbocycles. The van der Waals surface area contributed by atoms with Crippen molar-refractivity contribution >= 4 is 11.9 Å². The molecule has 3 atom stereocenters. The maximum atomic E-state index is 12.5. The minimum absolute atomic E-state index is 0.0199. The number of nitrogens with two attached hydrogens (primary N) is 1. The Morgan fingerprint density at radius 1 is 1.16 bits per heavy atom. The second kappa shape index (κ2) is 6.37. The van der Waals surface area contributed by atoms with Gasteiger partial charge in [-0.3, -0.25) is 9.59 Å². The predicted octanol–water partition coefficient (Wildman–Crippen LogP) is 1.22. The van der Waals surface area contributed by atoms with Gasteiger partial charge in [-0.25, -0.2) is 0 Å². The molecule has 1 aliphatic heterocycles. The molecule has 108 valence electrons. The van der Waals surface area contributed by atoms with E-state index in [0.29, 0.717) is 13.1 Å². The van der Waals surface area contributed by atoms with Gasteiger partial charge < -0.3 is 15.7 Å². The lowest BCUT2D eigenvalue weighted by Gasteiger charge is -2.26. The van der Waals surface area contributed by atoms with Crippen LogP contribution in [0.3, 0.4) is 0 Å². The van der Waals surface area contributed by atoms with E-state index in [0.717, 1.165) is 32.1 Å². The molecule has 2 aliphatic rings. The minimum atomic E-state index is -0.773. The zero-order valence-electron chi connectivity index (χ0n) is 11.4. The van der Waals surface area contributed by atoms with Crippen LogP contribution in [0.4, 0.5) is 0 Å². The fourth-order valence-corrected chi connectivity index (χ4v) is 3.32. The van der Waals surface area contributed by atoms with Crippen molar-refractivity contribution in [2.24, 2.45) is 17.6 Å². The first-order chi connectivity index (χ1) is 9.08. The highest BCUT2D eigenvalue weighted by Gasteiger charge is 2.34. The number of likely N-dealkylation sites (tertiary alicyclic amines) is 1. The standard InChI is InChI=1S/C14H24N2O3/c15-12-5-3-1-2-4-11(12)14(19)16-7-6-10(9-16)8-13(17)18/h10-12H,1-9,15H2,(H,17,18). The zero-order chi connectivity index (χ0) is 13.8. The van der Waals surface area contributed by atoms with Crippen LogP contribution < -0.4 is 5.73 Å². The van der Waals surface area contributed by atoms with Gasteiger partial charge in [-0.2, -0.15) is 0 Å². The lowest BCUT2D eigenvalue weighted by Crippen LogP contribution is -2.43. The van der Waals surface area contributed by atoms with Crippen LogP contribution in [0.25, 0.3) is 0 Å². The fraction of sp³-hybridized carbons (Fsp3) is 0.857. The summed E-state index contributed by atoms with van der Waals surface area (Å²) >= 11 is 0. The largest absolute Gasteiger partial charge is 0.481 e. The summed E-state index contributed by atoms with van der Waals surface area (Å²) < 4.78 is 0. The summed E-state index contributed by atoms with van der Waals surface area (Å²) in [5.74, 6) is -0.553. The van der Waals surface area contributed by atoms with Crippen LogP contribution in [-0.2, 0) is 9.59 Å². The molecule has 0 radical (unpaired) electrons. The van der Waals surface area contributed by atoms with Gasteiger partial charge in [0.1, 0.15) is 0 Å². The van der Waals surface area contributed by atoms with Crippen LogP contribution in [0, 0.1) is 11.8 Å². The molecule has 19 heavy (non-hydrogen) atoms. The summed E-state index contributed by atoms with van der Waals surface area (Å²) in [5.41, 5.74) is 6.12. The zero-order valence-corrected chi connectivity index (χ0v) is 11.4. The molecule has 1 heterocycles. The van der Waals surface area contributed by atoms with Crippen molar-refractivity contribution in [2.75, 3.05) is 13.1 Å². The maximum absolute atomic E-state index is 12.5. The van der Waals surface area contributed by atoms with E-state index in [1.54, 1.807) is 0 Å². The van der Waals surface area contributed by atoms with Gasteiger partial charge in [0, 0.05) is 25.6 Å². The quantitative estimate of drug-likeness (QED) is 0.754. The van der Waals surface area contributed by atoms with Crippen molar-refractivity contribution < 1.29 is 14.7 Å². The molecule has 0 aromatic heterocycles. The van der Waals surface area contributed by atoms with E-state index >= 15 is 0 Å². The number of rotatable bonds is 3. The first-order valence-corrected chi connectivity index (χ1v) is 7.34. The molecule has 0 spiro atoms. The molecule has 5 heteroatoms. The smallest absolute Gasteiger partial charge is 0.303 e. The van der Waals surface area contributed by atoms with Gasteiger partial charge >= 0.3 is 5.97 Å². The number of carbonyl (C=O) groups excluding carboxylic acids is 1. The predicted molar refractivity (Wildman–Crippen MR) is 71.5 cm³/mol. The molecule has 1 saturated heterocycles. The van der Waals surface area contributed by atoms with Crippen molar-refractivity contribution in [3.05, 3.63) is 0 Å². The van der Waals surface area contributed by atoms with E-state index < -0.39 is 5.97 Å². The van der Waals surface area contributed by atoms with Crippen LogP contribution in [0.5, 0.6) is 0 Å². The summed E-state index contributed by atoms with van der Waals surface area (Å²) in [5, 5.41) is 8.80.